The molecule has 0 atom stereocenters. The first-order valence-corrected chi connectivity index (χ1v) is 7.71. The van der Waals surface area contributed by atoms with E-state index in [1.54, 1.807) is 6.08 Å². The van der Waals surface area contributed by atoms with Crippen LogP contribution in [0.15, 0.2) is 15.5 Å². The highest BCUT2D eigenvalue weighted by molar-refractivity contribution is 9.10. The third-order valence-corrected chi connectivity index (χ3v) is 4.77. The van der Waals surface area contributed by atoms with Gasteiger partial charge in [-0.05, 0) is 31.7 Å². The summed E-state index contributed by atoms with van der Waals surface area (Å²) in [6.07, 6.45) is 5.41. The molecule has 4 nitrogen and oxygen atoms in total. The number of isocyanates is 1. The Morgan fingerprint density at radius 1 is 1.40 bits per heavy atom. The Kier molecular flexibility index (Phi) is 3.57. The zero-order valence-corrected chi connectivity index (χ0v) is 13.0. The van der Waals surface area contributed by atoms with E-state index in [0.717, 1.165) is 52.8 Å². The number of benzene rings is 1. The van der Waals surface area contributed by atoms with Crippen molar-refractivity contribution in [3.63, 3.8) is 0 Å². The van der Waals surface area contributed by atoms with Crippen LogP contribution in [-0.4, -0.2) is 19.3 Å². The molecule has 1 fully saturated rings. The number of nitrogens with zero attached hydrogens (tertiary/aromatic N) is 1. The summed E-state index contributed by atoms with van der Waals surface area (Å²) in [5.74, 6) is 1.58. The summed E-state index contributed by atoms with van der Waals surface area (Å²) in [7, 11) is 0. The van der Waals surface area contributed by atoms with Crippen molar-refractivity contribution in [3.8, 4) is 11.5 Å². The molecule has 0 saturated heterocycles. The molecule has 2 aliphatic rings. The number of carbonyl (C=O) groups excluding carboxylic acids is 1. The SMILES string of the molecule is CCc1c2c(cc(Br)c1C1(N=C=O)CCC1)OCCO2. The van der Waals surface area contributed by atoms with E-state index in [4.69, 9.17) is 9.47 Å². The van der Waals surface area contributed by atoms with Crippen molar-refractivity contribution in [2.45, 2.75) is 38.1 Å². The fourth-order valence-corrected chi connectivity index (χ4v) is 3.89. The van der Waals surface area contributed by atoms with Crippen LogP contribution >= 0.6 is 15.9 Å². The van der Waals surface area contributed by atoms with Crippen LogP contribution in [-0.2, 0) is 16.8 Å². The van der Waals surface area contributed by atoms with E-state index in [2.05, 4.69) is 27.8 Å². The molecule has 0 bridgehead atoms. The van der Waals surface area contributed by atoms with Gasteiger partial charge in [-0.2, -0.15) is 4.99 Å². The predicted octanol–water partition coefficient (Wildman–Crippen LogP) is 3.50. The minimum absolute atomic E-state index is 0.429. The summed E-state index contributed by atoms with van der Waals surface area (Å²) in [4.78, 5) is 14.9. The average molecular weight is 338 g/mol. The summed E-state index contributed by atoms with van der Waals surface area (Å²) >= 11 is 3.62. The molecule has 1 aromatic rings. The molecule has 106 valence electrons. The maximum atomic E-state index is 10.8. The first kappa shape index (κ1) is 13.7. The molecule has 1 aliphatic heterocycles. The summed E-state index contributed by atoms with van der Waals surface area (Å²) in [6.45, 7) is 3.21. The fourth-order valence-electron chi connectivity index (χ4n) is 3.08. The lowest BCUT2D eigenvalue weighted by atomic mass is 9.70. The van der Waals surface area contributed by atoms with E-state index in [0.29, 0.717) is 13.2 Å². The Bertz CT molecular complexity index is 589. The van der Waals surface area contributed by atoms with Crippen molar-refractivity contribution < 1.29 is 14.3 Å². The molecule has 1 saturated carbocycles. The highest BCUT2D eigenvalue weighted by Gasteiger charge is 2.43. The predicted molar refractivity (Wildman–Crippen MR) is 78.2 cm³/mol. The van der Waals surface area contributed by atoms with Gasteiger partial charge in [-0.25, -0.2) is 4.79 Å². The normalized spacial score (nSPS) is 18.9. The smallest absolute Gasteiger partial charge is 0.235 e. The molecule has 1 aromatic carbocycles. The Morgan fingerprint density at radius 2 is 2.15 bits per heavy atom. The summed E-state index contributed by atoms with van der Waals surface area (Å²) in [5.41, 5.74) is 1.73. The summed E-state index contributed by atoms with van der Waals surface area (Å²) in [5, 5.41) is 0. The first-order chi connectivity index (χ1) is 9.72. The largest absolute Gasteiger partial charge is 0.486 e. The lowest BCUT2D eigenvalue weighted by molar-refractivity contribution is 0.168. The van der Waals surface area contributed by atoms with Gasteiger partial charge in [0.1, 0.15) is 13.2 Å². The maximum absolute atomic E-state index is 10.8. The van der Waals surface area contributed by atoms with Crippen LogP contribution in [0.3, 0.4) is 0 Å². The van der Waals surface area contributed by atoms with Crippen molar-refractivity contribution in [3.05, 3.63) is 21.7 Å². The highest BCUT2D eigenvalue weighted by atomic mass is 79.9. The molecule has 0 radical (unpaired) electrons. The van der Waals surface area contributed by atoms with Gasteiger partial charge in [0.2, 0.25) is 6.08 Å². The minimum Gasteiger partial charge on any atom is -0.486 e. The minimum atomic E-state index is -0.429. The molecule has 1 heterocycles. The number of fused-ring (bicyclic) bond motifs is 1. The van der Waals surface area contributed by atoms with Crippen molar-refractivity contribution >= 4 is 22.0 Å². The summed E-state index contributed by atoms with van der Waals surface area (Å²) in [6, 6.07) is 1.93. The van der Waals surface area contributed by atoms with Crippen LogP contribution in [0.1, 0.15) is 37.3 Å². The lowest BCUT2D eigenvalue weighted by Crippen LogP contribution is -2.34. The van der Waals surface area contributed by atoms with Gasteiger partial charge in [-0.15, -0.1) is 0 Å². The van der Waals surface area contributed by atoms with Crippen LogP contribution in [0.5, 0.6) is 11.5 Å². The topological polar surface area (TPSA) is 47.9 Å². The number of rotatable bonds is 3. The van der Waals surface area contributed by atoms with E-state index in [1.807, 2.05) is 6.07 Å². The lowest BCUT2D eigenvalue weighted by Gasteiger charge is -2.40. The third-order valence-electron chi connectivity index (χ3n) is 4.14. The van der Waals surface area contributed by atoms with E-state index in [9.17, 15) is 4.79 Å². The molecular weight excluding hydrogens is 322 g/mol. The van der Waals surface area contributed by atoms with E-state index in [-0.39, 0.29) is 0 Å². The van der Waals surface area contributed by atoms with Gasteiger partial charge in [0.25, 0.3) is 0 Å². The second-order valence-corrected chi connectivity index (χ2v) is 6.03. The van der Waals surface area contributed by atoms with Crippen LogP contribution in [0.2, 0.25) is 0 Å². The third kappa shape index (κ3) is 1.97. The molecule has 0 aromatic heterocycles. The highest BCUT2D eigenvalue weighted by Crippen LogP contribution is 2.52. The molecule has 0 N–H and O–H groups in total. The second-order valence-electron chi connectivity index (χ2n) is 5.18. The van der Waals surface area contributed by atoms with Crippen LogP contribution in [0.4, 0.5) is 0 Å². The summed E-state index contributed by atoms with van der Waals surface area (Å²) < 4.78 is 12.4. The Hall–Kier alpha value is -1.32. The van der Waals surface area contributed by atoms with Gasteiger partial charge in [-0.3, -0.25) is 0 Å². The van der Waals surface area contributed by atoms with Crippen LogP contribution in [0, 0.1) is 0 Å². The molecular formula is C15H16BrNO3. The maximum Gasteiger partial charge on any atom is 0.235 e. The van der Waals surface area contributed by atoms with Gasteiger partial charge in [0.15, 0.2) is 11.5 Å². The molecule has 20 heavy (non-hydrogen) atoms. The molecule has 1 aliphatic carbocycles. The Morgan fingerprint density at radius 3 is 2.75 bits per heavy atom. The van der Waals surface area contributed by atoms with Crippen molar-refractivity contribution in [1.82, 2.24) is 0 Å². The first-order valence-electron chi connectivity index (χ1n) is 6.92. The van der Waals surface area contributed by atoms with Gasteiger partial charge < -0.3 is 9.47 Å². The number of aliphatic imine (C=N–C) groups is 1. The standard InChI is InChI=1S/C15H16BrNO3/c1-2-10-13(15(17-9-18)4-3-5-15)11(16)8-12-14(10)20-7-6-19-12/h8H,2-7H2,1H3. The Labute approximate surface area is 126 Å². The van der Waals surface area contributed by atoms with Crippen molar-refractivity contribution in [2.24, 2.45) is 4.99 Å². The Balaban J connectivity index is 2.22. The number of ether oxygens (including phenoxy) is 2. The van der Waals surface area contributed by atoms with Crippen LogP contribution in [0.25, 0.3) is 0 Å². The van der Waals surface area contributed by atoms with Gasteiger partial charge in [0.05, 0.1) is 5.54 Å². The molecule has 5 heteroatoms. The molecule has 0 amide bonds. The fraction of sp³-hybridized carbons (Fsp3) is 0.533. The van der Waals surface area contributed by atoms with Crippen molar-refractivity contribution in [1.29, 1.82) is 0 Å². The number of halogens is 1. The van der Waals surface area contributed by atoms with Gasteiger partial charge in [-0.1, -0.05) is 22.9 Å². The molecule has 0 spiro atoms. The zero-order valence-electron chi connectivity index (χ0n) is 11.4. The monoisotopic (exact) mass is 337 g/mol. The number of hydrogen-bond acceptors (Lipinski definition) is 4. The second kappa shape index (κ2) is 5.23. The van der Waals surface area contributed by atoms with Gasteiger partial charge >= 0.3 is 0 Å². The van der Waals surface area contributed by atoms with E-state index >= 15 is 0 Å². The average Bonchev–Trinajstić information content (AvgIpc) is 2.42. The van der Waals surface area contributed by atoms with Crippen LogP contribution < -0.4 is 9.47 Å². The molecule has 0 unspecified atom stereocenters. The molecule has 3 rings (SSSR count). The van der Waals surface area contributed by atoms with Crippen molar-refractivity contribution in [2.75, 3.05) is 13.2 Å². The van der Waals surface area contributed by atoms with E-state index < -0.39 is 5.54 Å². The zero-order chi connectivity index (χ0) is 14.2. The number of hydrogen-bond donors (Lipinski definition) is 0. The van der Waals surface area contributed by atoms with E-state index in [1.165, 1.54) is 0 Å². The van der Waals surface area contributed by atoms with Gasteiger partial charge in [0, 0.05) is 15.6 Å². The quantitative estimate of drug-likeness (QED) is 0.626.